The number of Topliss-reactive ketones (excluding diaryl/α,β-unsaturated/α-hetero) is 1. The van der Waals surface area contributed by atoms with Crippen molar-refractivity contribution >= 4 is 66.4 Å². The standard InChI is InChI=1S/C21H34N2O3.C19H32N2O2.C12H25NO3.C12H23NO3.C10H21NO.C10H18O5.C7H17NO.ClHN4/c1-7-8-14-21(6,22-19(25)26-20(3,4)5)16-23(17(2)24)15-18-12-10-9-11-13-18;1-6-7-13-19(5,21-17(22)23-18(2,3)4)15-20-14-16-11-9-8-10-12-16;2*1-6-7-8-12(5,9-14)13-10(15)16-11(2,3)4;1-4-5-7-10(3,11)8-6-9(2)12;1-9(2,3)14-7(11)13-8(12)15-10(4,5)6;1-3-4-5-7(2,8)6-9;1-3-5-4-2/h9-13H,7-8,14-16H2,1-6H3,(H,22,25);8-12,20H,6-7,13-15H2,1-5H3,(H,21,22);14H,6-9H2,1-5H3,(H,13,15);9H,6-8H2,1-5H3,(H,13,15);4-8,11H2,1-3H3;1-6H3;9H,3-6,8H2,1-2H3;2H/t21-;19-;2*12-;10-;;7-;/m11111.1./s1. The molecule has 0 saturated carbocycles. The topological polar surface area (TPSA) is 435 Å². The molecule has 2 aromatic carbocycles. The van der Waals surface area contributed by atoms with Crippen LogP contribution in [0.1, 0.15) is 361 Å². The summed E-state index contributed by atoms with van der Waals surface area (Å²) in [5.74, 6) is 0.228. The highest BCUT2D eigenvalue weighted by Crippen LogP contribution is 2.23. The Morgan fingerprint density at radius 2 is 0.770 bits per heavy atom. The number of nitrogens with zero attached hydrogens (tertiary/aromatic N) is 4. The summed E-state index contributed by atoms with van der Waals surface area (Å²) in [5, 5.41) is 37.9. The number of amides is 5. The maximum atomic E-state index is 12.3. The maximum absolute atomic E-state index is 12.3. The average molecular weight is 1760 g/mol. The van der Waals surface area contributed by atoms with E-state index >= 15 is 0 Å². The van der Waals surface area contributed by atoms with Gasteiger partial charge in [0, 0.05) is 50.6 Å². The molecule has 30 nitrogen and oxygen atoms in total. The summed E-state index contributed by atoms with van der Waals surface area (Å²) in [6.07, 6.45) is 15.9. The molecular weight excluding hydrogens is 1580 g/mol. The number of hydrogen-bond acceptors (Lipinski definition) is 23. The summed E-state index contributed by atoms with van der Waals surface area (Å²) < 4.78 is 37.5. The van der Waals surface area contributed by atoms with E-state index in [9.17, 15) is 48.3 Å². The zero-order valence-electron chi connectivity index (χ0n) is 81.5. The molecule has 5 amide bonds. The minimum atomic E-state index is -1.06. The number of halogens is 1. The Morgan fingerprint density at radius 3 is 1.09 bits per heavy atom. The van der Waals surface area contributed by atoms with Gasteiger partial charge in [-0.15, -0.1) is 0 Å². The van der Waals surface area contributed by atoms with Gasteiger partial charge in [-0.25, -0.2) is 28.8 Å². The van der Waals surface area contributed by atoms with Crippen molar-refractivity contribution in [3.63, 3.8) is 0 Å². The number of nitrogens with two attached hydrogens (primary N) is 2. The molecule has 0 radical (unpaired) electrons. The lowest BCUT2D eigenvalue weighted by atomic mass is 9.90. The molecule has 31 heteroatoms. The second kappa shape index (κ2) is 64.2. The lowest BCUT2D eigenvalue weighted by molar-refractivity contribution is -0.130. The van der Waals surface area contributed by atoms with Crippen LogP contribution in [0.15, 0.2) is 75.7 Å². The van der Waals surface area contributed by atoms with Gasteiger partial charge in [-0.1, -0.05) is 184 Å². The summed E-state index contributed by atoms with van der Waals surface area (Å²) in [4.78, 5) is 105. The fourth-order valence-corrected chi connectivity index (χ4v) is 10.2. The number of aliphatic hydroxyl groups excluding tert-OH is 2. The third kappa shape index (κ3) is 83.3. The monoisotopic (exact) mass is 1760 g/mol. The molecule has 0 saturated heterocycles. The van der Waals surface area contributed by atoms with Crippen LogP contribution < -0.4 is 38.1 Å². The van der Waals surface area contributed by atoms with Crippen molar-refractivity contribution in [2.24, 2.45) is 26.5 Å². The molecule has 0 aromatic heterocycles. The maximum Gasteiger partial charge on any atom is 0.519 e. The van der Waals surface area contributed by atoms with E-state index in [0.717, 1.165) is 128 Å². The van der Waals surface area contributed by atoms with Gasteiger partial charge in [-0.3, -0.25) is 4.79 Å². The quantitative estimate of drug-likeness (QED) is 0.00750. The second-order valence-corrected chi connectivity index (χ2v) is 38.6. The van der Waals surface area contributed by atoms with Gasteiger partial charge in [0.25, 0.3) is 0 Å². The summed E-state index contributed by atoms with van der Waals surface area (Å²) in [7, 11) is 0. The van der Waals surface area contributed by atoms with Gasteiger partial charge in [0.15, 0.2) is 0 Å². The van der Waals surface area contributed by atoms with E-state index in [2.05, 4.69) is 112 Å². The number of unbranched alkanes of at least 4 members (excludes halogenated alkanes) is 6. The number of carbonyl (C=O) groups is 9. The number of ether oxygens (including phenoxy) is 7. The second-order valence-electron chi connectivity index (χ2n) is 38.4. The Kier molecular flexibility index (Phi) is 65.8. The largest absolute Gasteiger partial charge is 0.519 e. The van der Waals surface area contributed by atoms with E-state index in [1.165, 1.54) is 12.0 Å². The van der Waals surface area contributed by atoms with Gasteiger partial charge in [0.05, 0.1) is 47.1 Å². The number of aldehydes is 1. The van der Waals surface area contributed by atoms with Crippen LogP contribution in [0.5, 0.6) is 0 Å². The highest BCUT2D eigenvalue weighted by atomic mass is 35.5. The van der Waals surface area contributed by atoms with Crippen molar-refractivity contribution in [2.75, 3.05) is 26.3 Å². The Labute approximate surface area is 740 Å². The van der Waals surface area contributed by atoms with E-state index in [-0.39, 0.29) is 47.6 Å². The minimum absolute atomic E-state index is 0.0115. The molecule has 0 bridgehead atoms. The fraction of sp³-hybridized carbons (Fsp3) is 0.769. The average Bonchev–Trinajstić information content (AvgIpc) is 0.866. The van der Waals surface area contributed by atoms with Crippen LogP contribution in [0.25, 0.3) is 0 Å². The first kappa shape index (κ1) is 125. The van der Waals surface area contributed by atoms with Crippen LogP contribution >= 0.6 is 11.8 Å². The number of carbonyl (C=O) groups excluding carboxylic acids is 9. The molecular formula is C91H171ClN12O18. The number of ketones is 1. The van der Waals surface area contributed by atoms with Gasteiger partial charge in [-0.2, -0.15) is 5.53 Å². The van der Waals surface area contributed by atoms with Crippen molar-refractivity contribution in [2.45, 2.75) is 430 Å². The van der Waals surface area contributed by atoms with Crippen molar-refractivity contribution in [3.8, 4) is 0 Å². The van der Waals surface area contributed by atoms with Gasteiger partial charge in [-0.05, 0) is 240 Å². The molecule has 2 rings (SSSR count). The van der Waals surface area contributed by atoms with Gasteiger partial charge < -0.3 is 95.9 Å². The molecule has 12 N–H and O–H groups in total. The normalized spacial score (nSPS) is 14.2. The number of rotatable bonds is 37. The summed E-state index contributed by atoms with van der Waals surface area (Å²) in [6, 6.07) is 20.1. The van der Waals surface area contributed by atoms with Crippen LogP contribution in [-0.4, -0.2) is 163 Å². The molecule has 0 fully saturated rings. The Balaban J connectivity index is -0.000000325. The number of hydrogen-bond donors (Lipinski definition) is 10. The van der Waals surface area contributed by atoms with Gasteiger partial charge >= 0.3 is 36.7 Å². The van der Waals surface area contributed by atoms with Crippen LogP contribution in [0.3, 0.4) is 0 Å². The van der Waals surface area contributed by atoms with Crippen LogP contribution in [0.2, 0.25) is 0 Å². The highest BCUT2D eigenvalue weighted by molar-refractivity contribution is 6.13. The molecule has 710 valence electrons. The van der Waals surface area contributed by atoms with Gasteiger partial charge in [0.2, 0.25) is 5.91 Å². The number of benzene rings is 2. The number of alkyl carbamates (subject to hydrolysis) is 4. The fourth-order valence-electron chi connectivity index (χ4n) is 10.2. The smallest absolute Gasteiger partial charge is 0.444 e. The predicted molar refractivity (Wildman–Crippen MR) is 489 cm³/mol. The van der Waals surface area contributed by atoms with E-state index < -0.39 is 80.8 Å². The molecule has 0 spiro atoms. The first-order valence-corrected chi connectivity index (χ1v) is 43.4. The van der Waals surface area contributed by atoms with Crippen LogP contribution in [0.4, 0.5) is 28.8 Å². The van der Waals surface area contributed by atoms with E-state index in [1.807, 2.05) is 145 Å². The lowest BCUT2D eigenvalue weighted by Crippen LogP contribution is -2.55. The van der Waals surface area contributed by atoms with E-state index in [4.69, 9.17) is 50.5 Å². The lowest BCUT2D eigenvalue weighted by Gasteiger charge is -2.36. The number of aliphatic hydroxyl groups is 2. The molecule has 122 heavy (non-hydrogen) atoms. The van der Waals surface area contributed by atoms with Crippen LogP contribution in [-0.2, 0) is 60.6 Å². The van der Waals surface area contributed by atoms with Crippen molar-refractivity contribution in [3.05, 3.63) is 71.8 Å². The van der Waals surface area contributed by atoms with E-state index in [1.54, 1.807) is 88.0 Å². The summed E-state index contributed by atoms with van der Waals surface area (Å²) >= 11 is 4.55. The molecule has 0 aliphatic carbocycles. The zero-order valence-corrected chi connectivity index (χ0v) is 82.2. The molecule has 6 atom stereocenters. The van der Waals surface area contributed by atoms with E-state index in [0.29, 0.717) is 32.5 Å². The first-order valence-electron chi connectivity index (χ1n) is 43.1. The zero-order chi connectivity index (χ0) is 96.1. The summed E-state index contributed by atoms with van der Waals surface area (Å²) in [6.45, 7) is 61.8. The van der Waals surface area contributed by atoms with Crippen molar-refractivity contribution in [1.82, 2.24) is 31.5 Å². The third-order valence-electron chi connectivity index (χ3n) is 16.6. The van der Waals surface area contributed by atoms with Crippen molar-refractivity contribution < 1.29 is 86.5 Å². The number of nitrogens with one attached hydrogen (secondary N) is 6. The highest BCUT2D eigenvalue weighted by Gasteiger charge is 2.34. The Morgan fingerprint density at radius 1 is 0.443 bits per heavy atom. The molecule has 0 aliphatic rings. The SMILES string of the molecule is CC(C)(C)OC(=O)OC(=O)OC(C)(C)C.CCCC[C@@](C)(N)CCC(C)=O.CCCC[C@@](C)(N)CO.CCCC[C@](C)(C=O)NC(=O)OC(C)(C)C.CCCC[C@](C)(CN(Cc1ccccc1)C(C)=O)NC(=O)OC(C)(C)C.CCCC[C@](C)(CNCc1ccccc1)NC(=O)OC(C)(C)C.CCCC[C@](C)(CO)NC(=O)OC(C)(C)C.N=NN=NCl. The first-order chi connectivity index (χ1) is 55.7. The Hall–Kier alpha value is -7.64. The van der Waals surface area contributed by atoms with Crippen molar-refractivity contribution in [1.29, 1.82) is 5.53 Å². The molecule has 0 unspecified atom stereocenters. The molecule has 0 aliphatic heterocycles. The van der Waals surface area contributed by atoms with Crippen LogP contribution in [0, 0.1) is 5.53 Å². The minimum Gasteiger partial charge on any atom is -0.444 e. The predicted octanol–water partition coefficient (Wildman–Crippen LogP) is 21.4. The third-order valence-corrected chi connectivity index (χ3v) is 16.7. The molecule has 0 heterocycles. The molecule has 2 aromatic rings. The van der Waals surface area contributed by atoms with Gasteiger partial charge in [0.1, 0.15) is 45.7 Å². The Bertz CT molecular complexity index is 3180. The summed E-state index contributed by atoms with van der Waals surface area (Å²) in [5.41, 5.74) is 13.6.